The average Bonchev–Trinajstić information content (AvgIpc) is 2.04. The van der Waals surface area contributed by atoms with Crippen LogP contribution >= 0.6 is 0 Å². The van der Waals surface area contributed by atoms with E-state index in [9.17, 15) is 0 Å². The van der Waals surface area contributed by atoms with Crippen molar-refractivity contribution in [1.29, 1.82) is 0 Å². The highest BCUT2D eigenvalue weighted by Gasteiger charge is 2.01. The maximum absolute atomic E-state index is 3.13. The summed E-state index contributed by atoms with van der Waals surface area (Å²) in [4.78, 5) is 0. The van der Waals surface area contributed by atoms with Crippen molar-refractivity contribution < 1.29 is 0 Å². The minimum atomic E-state index is 0.861. The van der Waals surface area contributed by atoms with Gasteiger partial charge in [-0.15, -0.1) is 11.8 Å². The molecule has 0 nitrogen and oxygen atoms in total. The van der Waals surface area contributed by atoms with Crippen LogP contribution in [0.15, 0.2) is 0 Å². The van der Waals surface area contributed by atoms with Gasteiger partial charge in [-0.3, -0.25) is 0 Å². The second-order valence-electron chi connectivity index (χ2n) is 4.40. The predicted octanol–water partition coefficient (Wildman–Crippen LogP) is 4.25. The van der Waals surface area contributed by atoms with Crippen molar-refractivity contribution >= 4 is 0 Å². The molecule has 0 radical (unpaired) electrons. The molecule has 0 rings (SSSR count). The minimum absolute atomic E-state index is 0.861. The zero-order valence-corrected chi connectivity index (χ0v) is 9.69. The fraction of sp³-hybridized carbons (Fsp3) is 0.846. The molecule has 13 heavy (non-hydrogen) atoms. The Morgan fingerprint density at radius 3 is 2.23 bits per heavy atom. The fourth-order valence-electron chi connectivity index (χ4n) is 1.46. The van der Waals surface area contributed by atoms with Crippen LogP contribution in [0.4, 0.5) is 0 Å². The van der Waals surface area contributed by atoms with Gasteiger partial charge in [0.15, 0.2) is 0 Å². The van der Waals surface area contributed by atoms with Gasteiger partial charge < -0.3 is 0 Å². The van der Waals surface area contributed by atoms with E-state index in [4.69, 9.17) is 0 Å². The highest BCUT2D eigenvalue weighted by molar-refractivity contribution is 4.94. The van der Waals surface area contributed by atoms with Crippen molar-refractivity contribution in [1.82, 2.24) is 0 Å². The normalized spacial score (nSPS) is 12.4. The van der Waals surface area contributed by atoms with Crippen molar-refractivity contribution in [2.24, 2.45) is 11.8 Å². The second-order valence-corrected chi connectivity index (χ2v) is 4.40. The van der Waals surface area contributed by atoms with Crippen molar-refractivity contribution in [3.8, 4) is 11.8 Å². The first kappa shape index (κ1) is 12.6. The first-order valence-corrected chi connectivity index (χ1v) is 5.56. The molecule has 0 N–H and O–H groups in total. The average molecular weight is 180 g/mol. The maximum atomic E-state index is 3.13. The van der Waals surface area contributed by atoms with Crippen LogP contribution in [0.5, 0.6) is 0 Å². The molecule has 0 fully saturated rings. The molecular formula is C13H24. The third kappa shape index (κ3) is 9.47. The van der Waals surface area contributed by atoms with Crippen molar-refractivity contribution in [3.05, 3.63) is 0 Å². The second kappa shape index (κ2) is 8.17. The lowest BCUT2D eigenvalue weighted by molar-refractivity contribution is 0.441. The monoisotopic (exact) mass is 180 g/mol. The van der Waals surface area contributed by atoms with Gasteiger partial charge in [0.2, 0.25) is 0 Å². The van der Waals surface area contributed by atoms with E-state index < -0.39 is 0 Å². The number of hydrogen-bond donors (Lipinski definition) is 0. The van der Waals surface area contributed by atoms with Gasteiger partial charge in [0.05, 0.1) is 0 Å². The molecular weight excluding hydrogens is 156 g/mol. The van der Waals surface area contributed by atoms with Crippen LogP contribution in [-0.4, -0.2) is 0 Å². The molecule has 0 aromatic carbocycles. The smallest absolute Gasteiger partial charge is 0.00911 e. The summed E-state index contributed by atoms with van der Waals surface area (Å²) < 4.78 is 0. The number of hydrogen-bond acceptors (Lipinski definition) is 0. The van der Waals surface area contributed by atoms with Gasteiger partial charge in [0.1, 0.15) is 0 Å². The lowest BCUT2D eigenvalue weighted by Gasteiger charge is -2.10. The largest absolute Gasteiger partial charge is 0.107 e. The van der Waals surface area contributed by atoms with E-state index >= 15 is 0 Å². The standard InChI is InChI=1S/C13H24/c1-5-6-7-10-13(4)11-8-9-12(2)3/h12-13H,7-11H2,1-4H3. The molecule has 0 aliphatic carbocycles. The van der Waals surface area contributed by atoms with Crippen molar-refractivity contribution in [2.75, 3.05) is 0 Å². The van der Waals surface area contributed by atoms with E-state index in [1.165, 1.54) is 25.7 Å². The van der Waals surface area contributed by atoms with Gasteiger partial charge in [-0.2, -0.15) is 0 Å². The lowest BCUT2D eigenvalue weighted by atomic mass is 9.96. The summed E-state index contributed by atoms with van der Waals surface area (Å²) in [6.07, 6.45) is 6.50. The van der Waals surface area contributed by atoms with Crippen LogP contribution in [0.3, 0.4) is 0 Å². The van der Waals surface area contributed by atoms with Crippen LogP contribution in [0.25, 0.3) is 0 Å². The molecule has 1 unspecified atom stereocenters. The minimum Gasteiger partial charge on any atom is -0.107 e. The van der Waals surface area contributed by atoms with Crippen molar-refractivity contribution in [3.63, 3.8) is 0 Å². The van der Waals surface area contributed by atoms with Gasteiger partial charge in [0, 0.05) is 6.42 Å². The van der Waals surface area contributed by atoms with Gasteiger partial charge in [-0.05, 0) is 25.2 Å². The Bertz CT molecular complexity index is 157. The van der Waals surface area contributed by atoms with E-state index in [1.807, 2.05) is 6.92 Å². The molecule has 0 aliphatic heterocycles. The summed E-state index contributed by atoms with van der Waals surface area (Å²) in [6.45, 7) is 8.86. The van der Waals surface area contributed by atoms with E-state index in [0.29, 0.717) is 0 Å². The SMILES string of the molecule is CC#CCCC(C)CCCC(C)C. The molecule has 76 valence electrons. The third-order valence-corrected chi connectivity index (χ3v) is 2.42. The zero-order chi connectivity index (χ0) is 10.1. The summed E-state index contributed by atoms with van der Waals surface area (Å²) in [5.74, 6) is 7.80. The Hall–Kier alpha value is -0.440. The first-order valence-electron chi connectivity index (χ1n) is 5.56. The highest BCUT2D eigenvalue weighted by Crippen LogP contribution is 2.15. The Morgan fingerprint density at radius 2 is 1.69 bits per heavy atom. The summed E-state index contributed by atoms with van der Waals surface area (Å²) in [7, 11) is 0. The van der Waals surface area contributed by atoms with Crippen LogP contribution in [0, 0.1) is 23.7 Å². The summed E-state index contributed by atoms with van der Waals surface area (Å²) in [5.41, 5.74) is 0. The first-order chi connectivity index (χ1) is 6.16. The molecule has 0 aromatic heterocycles. The molecule has 1 atom stereocenters. The molecule has 0 saturated carbocycles. The van der Waals surface area contributed by atoms with E-state index in [2.05, 4.69) is 32.6 Å². The Kier molecular flexibility index (Phi) is 7.90. The topological polar surface area (TPSA) is 0 Å². The molecule has 0 heteroatoms. The molecule has 0 aromatic rings. The van der Waals surface area contributed by atoms with Crippen LogP contribution in [0.1, 0.15) is 59.8 Å². The lowest BCUT2D eigenvalue weighted by Crippen LogP contribution is -1.96. The quantitative estimate of drug-likeness (QED) is 0.536. The van der Waals surface area contributed by atoms with Crippen LogP contribution in [-0.2, 0) is 0 Å². The van der Waals surface area contributed by atoms with E-state index in [-0.39, 0.29) is 0 Å². The highest BCUT2D eigenvalue weighted by atomic mass is 14.1. The maximum Gasteiger partial charge on any atom is 0.00911 e. The van der Waals surface area contributed by atoms with E-state index in [1.54, 1.807) is 0 Å². The molecule has 0 spiro atoms. The third-order valence-electron chi connectivity index (χ3n) is 2.42. The Balaban J connectivity index is 3.28. The van der Waals surface area contributed by atoms with Crippen LogP contribution < -0.4 is 0 Å². The molecule has 0 amide bonds. The predicted molar refractivity (Wildman–Crippen MR) is 60.5 cm³/mol. The van der Waals surface area contributed by atoms with Crippen molar-refractivity contribution in [2.45, 2.75) is 59.8 Å². The van der Waals surface area contributed by atoms with E-state index in [0.717, 1.165) is 18.3 Å². The van der Waals surface area contributed by atoms with Crippen LogP contribution in [0.2, 0.25) is 0 Å². The van der Waals surface area contributed by atoms with Gasteiger partial charge in [-0.1, -0.05) is 40.0 Å². The Labute approximate surface area is 84.1 Å². The molecule has 0 bridgehead atoms. The fourth-order valence-corrected chi connectivity index (χ4v) is 1.46. The summed E-state index contributed by atoms with van der Waals surface area (Å²) in [6, 6.07) is 0. The summed E-state index contributed by atoms with van der Waals surface area (Å²) in [5, 5.41) is 0. The zero-order valence-electron chi connectivity index (χ0n) is 9.69. The molecule has 0 heterocycles. The Morgan fingerprint density at radius 1 is 1.00 bits per heavy atom. The number of rotatable bonds is 6. The van der Waals surface area contributed by atoms with Gasteiger partial charge in [-0.25, -0.2) is 0 Å². The van der Waals surface area contributed by atoms with Gasteiger partial charge in [0.25, 0.3) is 0 Å². The van der Waals surface area contributed by atoms with Gasteiger partial charge >= 0.3 is 0 Å². The molecule has 0 aliphatic rings. The molecule has 0 saturated heterocycles. The summed E-state index contributed by atoms with van der Waals surface area (Å²) >= 11 is 0.